The molecule has 3 heterocycles. The number of nitrogens with one attached hydrogen (secondary N) is 1. The van der Waals surface area contributed by atoms with E-state index in [1.165, 1.54) is 0 Å². The smallest absolute Gasteiger partial charge is 0.410 e. The van der Waals surface area contributed by atoms with Crippen LogP contribution in [0.1, 0.15) is 51.2 Å². The lowest BCUT2D eigenvalue weighted by Crippen LogP contribution is -2.36. The molecule has 1 N–H and O–H groups in total. The Morgan fingerprint density at radius 3 is 2.87 bits per heavy atom. The fraction of sp³-hybridized carbons (Fsp3) is 0.562. The van der Waals surface area contributed by atoms with Crippen LogP contribution in [0.15, 0.2) is 6.07 Å². The van der Waals surface area contributed by atoms with Crippen molar-refractivity contribution in [2.45, 2.75) is 52.2 Å². The van der Waals surface area contributed by atoms with Gasteiger partial charge in [-0.1, -0.05) is 11.6 Å². The molecule has 3 rings (SSSR count). The van der Waals surface area contributed by atoms with Gasteiger partial charge >= 0.3 is 6.09 Å². The van der Waals surface area contributed by atoms with Crippen molar-refractivity contribution >= 4 is 28.7 Å². The highest BCUT2D eigenvalue weighted by Crippen LogP contribution is 2.34. The predicted molar refractivity (Wildman–Crippen MR) is 88.6 cm³/mol. The monoisotopic (exact) mass is 336 g/mol. The summed E-state index contributed by atoms with van der Waals surface area (Å²) in [4.78, 5) is 26.0. The van der Waals surface area contributed by atoms with E-state index >= 15 is 0 Å². The third-order valence-corrected chi connectivity index (χ3v) is 4.08. The van der Waals surface area contributed by atoms with Gasteiger partial charge in [0.1, 0.15) is 16.9 Å². The largest absolute Gasteiger partial charge is 0.444 e. The second kappa shape index (κ2) is 5.67. The molecule has 124 valence electrons. The Balaban J connectivity index is 1.91. The molecule has 0 saturated carbocycles. The van der Waals surface area contributed by atoms with Crippen LogP contribution >= 0.6 is 11.6 Å². The maximum Gasteiger partial charge on any atom is 0.410 e. The van der Waals surface area contributed by atoms with E-state index in [2.05, 4.69) is 15.0 Å². The first-order valence-electron chi connectivity index (χ1n) is 7.77. The van der Waals surface area contributed by atoms with E-state index < -0.39 is 5.60 Å². The molecular formula is C16H21ClN4O2. The van der Waals surface area contributed by atoms with Gasteiger partial charge in [0.05, 0.1) is 11.6 Å². The lowest BCUT2D eigenvalue weighted by Gasteiger charge is -2.28. The minimum Gasteiger partial charge on any atom is -0.444 e. The molecule has 1 aliphatic heterocycles. The highest BCUT2D eigenvalue weighted by molar-refractivity contribution is 6.33. The first kappa shape index (κ1) is 16.1. The zero-order valence-electron chi connectivity index (χ0n) is 13.8. The zero-order chi connectivity index (χ0) is 16.8. The van der Waals surface area contributed by atoms with E-state index in [-0.39, 0.29) is 12.1 Å². The fourth-order valence-electron chi connectivity index (χ4n) is 2.92. The molecule has 1 unspecified atom stereocenters. The molecule has 2 aromatic rings. The Kier molecular flexibility index (Phi) is 3.96. The Morgan fingerprint density at radius 2 is 2.17 bits per heavy atom. The molecular weight excluding hydrogens is 316 g/mol. The summed E-state index contributed by atoms with van der Waals surface area (Å²) in [5.41, 5.74) is 1.90. The van der Waals surface area contributed by atoms with Crippen LogP contribution in [0.2, 0.25) is 5.15 Å². The van der Waals surface area contributed by atoms with Gasteiger partial charge in [-0.05, 0) is 46.6 Å². The quantitative estimate of drug-likeness (QED) is 0.799. The maximum atomic E-state index is 12.4. The van der Waals surface area contributed by atoms with E-state index in [9.17, 15) is 4.79 Å². The van der Waals surface area contributed by atoms with Crippen molar-refractivity contribution in [1.29, 1.82) is 0 Å². The van der Waals surface area contributed by atoms with Crippen LogP contribution in [-0.2, 0) is 4.74 Å². The van der Waals surface area contributed by atoms with Gasteiger partial charge in [-0.2, -0.15) is 0 Å². The van der Waals surface area contributed by atoms with Gasteiger partial charge < -0.3 is 9.72 Å². The second-order valence-corrected chi connectivity index (χ2v) is 7.24. The second-order valence-electron chi connectivity index (χ2n) is 6.88. The SMILES string of the molecule is Cc1nc(Cl)c2[nH]c(C3CCCN3C(=O)OC(C)(C)C)cc2n1. The number of carbonyl (C=O) groups is 1. The van der Waals surface area contributed by atoms with E-state index in [4.69, 9.17) is 16.3 Å². The summed E-state index contributed by atoms with van der Waals surface area (Å²) >= 11 is 6.18. The Bertz CT molecular complexity index is 750. The van der Waals surface area contributed by atoms with Gasteiger partial charge in [-0.25, -0.2) is 14.8 Å². The van der Waals surface area contributed by atoms with Gasteiger partial charge in [0, 0.05) is 12.2 Å². The van der Waals surface area contributed by atoms with Crippen LogP contribution in [0, 0.1) is 6.92 Å². The summed E-state index contributed by atoms with van der Waals surface area (Å²) in [6.45, 7) is 8.11. The minimum atomic E-state index is -0.503. The molecule has 1 atom stereocenters. The molecule has 1 saturated heterocycles. The summed E-state index contributed by atoms with van der Waals surface area (Å²) in [7, 11) is 0. The third kappa shape index (κ3) is 3.27. The molecule has 1 aliphatic rings. The topological polar surface area (TPSA) is 71.1 Å². The number of hydrogen-bond donors (Lipinski definition) is 1. The fourth-order valence-corrected chi connectivity index (χ4v) is 3.18. The molecule has 6 nitrogen and oxygen atoms in total. The van der Waals surface area contributed by atoms with E-state index in [1.54, 1.807) is 11.8 Å². The van der Waals surface area contributed by atoms with E-state index in [0.29, 0.717) is 23.0 Å². The van der Waals surface area contributed by atoms with Gasteiger partial charge in [0.25, 0.3) is 0 Å². The number of aromatic nitrogens is 3. The number of ether oxygens (including phenoxy) is 1. The first-order chi connectivity index (χ1) is 10.7. The van der Waals surface area contributed by atoms with Crippen molar-refractivity contribution in [3.8, 4) is 0 Å². The van der Waals surface area contributed by atoms with Crippen molar-refractivity contribution in [3.63, 3.8) is 0 Å². The summed E-state index contributed by atoms with van der Waals surface area (Å²) < 4.78 is 5.51. The van der Waals surface area contributed by atoms with Crippen molar-refractivity contribution in [2.24, 2.45) is 0 Å². The van der Waals surface area contributed by atoms with Gasteiger partial charge in [0.15, 0.2) is 5.15 Å². The van der Waals surface area contributed by atoms with Crippen molar-refractivity contribution in [2.75, 3.05) is 6.54 Å². The maximum absolute atomic E-state index is 12.4. The van der Waals surface area contributed by atoms with Crippen LogP contribution in [0.4, 0.5) is 4.79 Å². The number of rotatable bonds is 1. The summed E-state index contributed by atoms with van der Waals surface area (Å²) in [5.74, 6) is 0.628. The average Bonchev–Trinajstić information content (AvgIpc) is 3.00. The Labute approximate surface area is 140 Å². The van der Waals surface area contributed by atoms with Crippen molar-refractivity contribution in [1.82, 2.24) is 19.9 Å². The van der Waals surface area contributed by atoms with Crippen LogP contribution < -0.4 is 0 Å². The molecule has 0 spiro atoms. The number of aromatic amines is 1. The predicted octanol–water partition coefficient (Wildman–Crippen LogP) is 3.99. The number of nitrogens with zero attached hydrogens (tertiary/aromatic N) is 3. The standard InChI is InChI=1S/C16H21ClN4O2/c1-9-18-11-8-10(20-13(11)14(17)19-9)12-6-5-7-21(12)15(22)23-16(2,3)4/h8,12,20H,5-7H2,1-4H3. The number of likely N-dealkylation sites (tertiary alicyclic amines) is 1. The van der Waals surface area contributed by atoms with Gasteiger partial charge in [-0.15, -0.1) is 0 Å². The molecule has 0 radical (unpaired) electrons. The summed E-state index contributed by atoms with van der Waals surface area (Å²) in [5, 5.41) is 0.403. The number of fused-ring (bicyclic) bond motifs is 1. The molecule has 1 fully saturated rings. The van der Waals surface area contributed by atoms with Gasteiger partial charge in [0.2, 0.25) is 0 Å². The molecule has 7 heteroatoms. The van der Waals surface area contributed by atoms with Crippen LogP contribution in [0.5, 0.6) is 0 Å². The number of carbonyl (C=O) groups excluding carboxylic acids is 1. The van der Waals surface area contributed by atoms with E-state index in [1.807, 2.05) is 26.8 Å². The normalized spacial score (nSPS) is 18.7. The molecule has 2 aromatic heterocycles. The molecule has 1 amide bonds. The molecule has 0 bridgehead atoms. The molecule has 0 aromatic carbocycles. The van der Waals surface area contributed by atoms with Crippen molar-refractivity contribution < 1.29 is 9.53 Å². The van der Waals surface area contributed by atoms with E-state index in [0.717, 1.165) is 24.1 Å². The number of aryl methyl sites for hydroxylation is 1. The molecule has 0 aliphatic carbocycles. The van der Waals surface area contributed by atoms with Gasteiger partial charge in [-0.3, -0.25) is 4.90 Å². The minimum absolute atomic E-state index is 0.0459. The van der Waals surface area contributed by atoms with Crippen LogP contribution in [-0.4, -0.2) is 38.1 Å². The molecule has 23 heavy (non-hydrogen) atoms. The average molecular weight is 337 g/mol. The van der Waals surface area contributed by atoms with Crippen LogP contribution in [0.25, 0.3) is 11.0 Å². The number of halogens is 1. The lowest BCUT2D eigenvalue weighted by molar-refractivity contribution is 0.0222. The summed E-state index contributed by atoms with van der Waals surface area (Å²) in [6.07, 6.45) is 1.54. The highest BCUT2D eigenvalue weighted by Gasteiger charge is 2.34. The lowest BCUT2D eigenvalue weighted by atomic mass is 10.1. The zero-order valence-corrected chi connectivity index (χ0v) is 14.6. The first-order valence-corrected chi connectivity index (χ1v) is 8.15. The van der Waals surface area contributed by atoms with Crippen LogP contribution in [0.3, 0.4) is 0 Å². The highest BCUT2D eigenvalue weighted by atomic mass is 35.5. The third-order valence-electron chi connectivity index (χ3n) is 3.81. The Hall–Kier alpha value is -1.82. The number of amides is 1. The number of H-pyrrole nitrogens is 1. The summed E-state index contributed by atoms with van der Waals surface area (Å²) in [6, 6.07) is 1.90. The number of hydrogen-bond acceptors (Lipinski definition) is 4. The van der Waals surface area contributed by atoms with Crippen molar-refractivity contribution in [3.05, 3.63) is 22.7 Å². The Morgan fingerprint density at radius 1 is 1.43 bits per heavy atom.